The summed E-state index contributed by atoms with van der Waals surface area (Å²) in [6, 6.07) is 12.1. The Morgan fingerprint density at radius 1 is 1.28 bits per heavy atom. The molecule has 2 N–H and O–H groups in total. The van der Waals surface area contributed by atoms with Crippen LogP contribution >= 0.6 is 0 Å². The molecule has 0 bridgehead atoms. The number of benzene rings is 2. The van der Waals surface area contributed by atoms with Crippen LogP contribution in [0.1, 0.15) is 24.1 Å². The molecule has 0 aromatic heterocycles. The predicted octanol–water partition coefficient (Wildman–Crippen LogP) is 1.82. The summed E-state index contributed by atoms with van der Waals surface area (Å²) in [4.78, 5) is 23.8. The zero-order chi connectivity index (χ0) is 21.2. The molecule has 1 atom stereocenters. The van der Waals surface area contributed by atoms with E-state index in [-0.39, 0.29) is 35.7 Å². The molecular formula is C20H23N3O5S. The molecule has 8 nitrogen and oxygen atoms in total. The Hall–Kier alpha value is -2.91. The normalized spacial score (nSPS) is 14.6. The van der Waals surface area contributed by atoms with Crippen molar-refractivity contribution in [1.29, 1.82) is 0 Å². The topological polar surface area (TPSA) is 105 Å². The Balaban J connectivity index is 1.74. The summed E-state index contributed by atoms with van der Waals surface area (Å²) >= 11 is 0. The molecule has 2 aromatic rings. The van der Waals surface area contributed by atoms with E-state index >= 15 is 0 Å². The lowest BCUT2D eigenvalue weighted by molar-refractivity contribution is -0.122. The summed E-state index contributed by atoms with van der Waals surface area (Å²) in [6.45, 7) is 2.96. The van der Waals surface area contributed by atoms with Gasteiger partial charge in [-0.3, -0.25) is 9.59 Å². The van der Waals surface area contributed by atoms with E-state index in [4.69, 9.17) is 4.74 Å². The summed E-state index contributed by atoms with van der Waals surface area (Å²) in [5.74, 6) is -0.426. The third-order valence-corrected chi connectivity index (χ3v) is 6.59. The molecular weight excluding hydrogens is 394 g/mol. The predicted molar refractivity (Wildman–Crippen MR) is 108 cm³/mol. The maximum absolute atomic E-state index is 13.0. The number of ether oxygens (including phenoxy) is 1. The van der Waals surface area contributed by atoms with Crippen molar-refractivity contribution in [2.45, 2.75) is 24.8 Å². The van der Waals surface area contributed by atoms with Gasteiger partial charge in [-0.1, -0.05) is 30.3 Å². The Kier molecular flexibility index (Phi) is 5.90. The van der Waals surface area contributed by atoms with Crippen LogP contribution in [0.15, 0.2) is 47.4 Å². The van der Waals surface area contributed by atoms with Crippen molar-refractivity contribution >= 4 is 27.5 Å². The monoisotopic (exact) mass is 417 g/mol. The number of nitrogens with zero attached hydrogens (tertiary/aromatic N) is 1. The molecule has 1 heterocycles. The quantitative estimate of drug-likeness (QED) is 0.746. The summed E-state index contributed by atoms with van der Waals surface area (Å²) in [5, 5.41) is 5.44. The number of sulfonamides is 1. The molecule has 0 saturated heterocycles. The second kappa shape index (κ2) is 8.22. The number of carbonyl (C=O) groups is 2. The van der Waals surface area contributed by atoms with Gasteiger partial charge < -0.3 is 15.4 Å². The Morgan fingerprint density at radius 2 is 1.97 bits per heavy atom. The lowest BCUT2D eigenvalue weighted by atomic mass is 10.1. The second-order valence-corrected chi connectivity index (χ2v) is 8.92. The van der Waals surface area contributed by atoms with Gasteiger partial charge in [0.1, 0.15) is 5.75 Å². The number of fused-ring (bicyclic) bond motifs is 1. The maximum atomic E-state index is 13.0. The SMILES string of the molecule is Cc1cc2c(cc1S(=O)(=O)N(C)CC(=O)N[C@@H](C)c1ccccc1)OCC(=O)N2. The molecule has 0 spiro atoms. The van der Waals surface area contributed by atoms with E-state index in [0.29, 0.717) is 11.3 Å². The fourth-order valence-electron chi connectivity index (χ4n) is 3.06. The van der Waals surface area contributed by atoms with Gasteiger partial charge in [-0.05, 0) is 31.0 Å². The van der Waals surface area contributed by atoms with E-state index in [1.54, 1.807) is 13.0 Å². The van der Waals surface area contributed by atoms with Gasteiger partial charge in [0.25, 0.3) is 5.91 Å². The third kappa shape index (κ3) is 4.57. The first-order chi connectivity index (χ1) is 13.7. The average molecular weight is 417 g/mol. The first kappa shape index (κ1) is 20.8. The van der Waals surface area contributed by atoms with Crippen LogP contribution in [0, 0.1) is 6.92 Å². The highest BCUT2D eigenvalue weighted by molar-refractivity contribution is 7.89. The zero-order valence-corrected chi connectivity index (χ0v) is 17.2. The molecule has 154 valence electrons. The lowest BCUT2D eigenvalue weighted by Gasteiger charge is -2.23. The molecule has 1 aliphatic heterocycles. The minimum absolute atomic E-state index is 0.0267. The van der Waals surface area contributed by atoms with Gasteiger partial charge in [0.05, 0.1) is 23.2 Å². The number of rotatable bonds is 6. The second-order valence-electron chi connectivity index (χ2n) is 6.91. The van der Waals surface area contributed by atoms with Crippen LogP contribution < -0.4 is 15.4 Å². The van der Waals surface area contributed by atoms with Gasteiger partial charge in [0.15, 0.2) is 6.61 Å². The molecule has 3 rings (SSSR count). The number of nitrogens with one attached hydrogen (secondary N) is 2. The van der Waals surface area contributed by atoms with E-state index in [1.165, 1.54) is 13.1 Å². The summed E-state index contributed by atoms with van der Waals surface area (Å²) in [7, 11) is -2.58. The van der Waals surface area contributed by atoms with E-state index in [0.717, 1.165) is 9.87 Å². The van der Waals surface area contributed by atoms with Crippen molar-refractivity contribution in [3.8, 4) is 5.75 Å². The molecule has 2 amide bonds. The van der Waals surface area contributed by atoms with E-state index < -0.39 is 15.9 Å². The third-order valence-electron chi connectivity index (χ3n) is 4.64. The number of amides is 2. The molecule has 2 aromatic carbocycles. The van der Waals surface area contributed by atoms with Crippen molar-refractivity contribution < 1.29 is 22.7 Å². The highest BCUT2D eigenvalue weighted by atomic mass is 32.2. The van der Waals surface area contributed by atoms with Gasteiger partial charge in [-0.25, -0.2) is 8.42 Å². The molecule has 0 fully saturated rings. The molecule has 29 heavy (non-hydrogen) atoms. The molecule has 0 unspecified atom stereocenters. The number of anilines is 1. The van der Waals surface area contributed by atoms with Crippen LogP contribution in [0.3, 0.4) is 0 Å². The van der Waals surface area contributed by atoms with Gasteiger partial charge in [0.2, 0.25) is 15.9 Å². The van der Waals surface area contributed by atoms with E-state index in [1.807, 2.05) is 37.3 Å². The van der Waals surface area contributed by atoms with Crippen LogP contribution in [-0.4, -0.2) is 44.7 Å². The summed E-state index contributed by atoms with van der Waals surface area (Å²) in [6.07, 6.45) is 0. The fourth-order valence-corrected chi connectivity index (χ4v) is 4.41. The van der Waals surface area contributed by atoms with Crippen molar-refractivity contribution in [1.82, 2.24) is 9.62 Å². The van der Waals surface area contributed by atoms with Gasteiger partial charge >= 0.3 is 0 Å². The van der Waals surface area contributed by atoms with Gasteiger partial charge in [-0.2, -0.15) is 4.31 Å². The highest BCUT2D eigenvalue weighted by Crippen LogP contribution is 2.33. The number of hydrogen-bond acceptors (Lipinski definition) is 5. The highest BCUT2D eigenvalue weighted by Gasteiger charge is 2.28. The van der Waals surface area contributed by atoms with Crippen LogP contribution in [-0.2, 0) is 19.6 Å². The van der Waals surface area contributed by atoms with Gasteiger partial charge in [-0.15, -0.1) is 0 Å². The minimum Gasteiger partial charge on any atom is -0.482 e. The Labute approximate surface area is 169 Å². The molecule has 9 heteroatoms. The molecule has 0 aliphatic carbocycles. The van der Waals surface area contributed by atoms with Gasteiger partial charge in [0, 0.05) is 13.1 Å². The van der Waals surface area contributed by atoms with E-state index in [2.05, 4.69) is 10.6 Å². The van der Waals surface area contributed by atoms with Crippen molar-refractivity contribution in [3.05, 3.63) is 53.6 Å². The largest absolute Gasteiger partial charge is 0.482 e. The molecule has 1 aliphatic rings. The lowest BCUT2D eigenvalue weighted by Crippen LogP contribution is -2.39. The van der Waals surface area contributed by atoms with Crippen LogP contribution in [0.25, 0.3) is 0 Å². The number of likely N-dealkylation sites (N-methyl/N-ethyl adjacent to an activating group) is 1. The van der Waals surface area contributed by atoms with Crippen molar-refractivity contribution in [3.63, 3.8) is 0 Å². The van der Waals surface area contributed by atoms with Crippen LogP contribution in [0.4, 0.5) is 5.69 Å². The standard InChI is InChI=1S/C20H23N3O5S/c1-13-9-16-17(28-12-20(25)22-16)10-18(13)29(26,27)23(3)11-19(24)21-14(2)15-7-5-4-6-8-15/h4-10,14H,11-12H2,1-3H3,(H,21,24)(H,22,25)/t14-/m0/s1. The maximum Gasteiger partial charge on any atom is 0.262 e. The Morgan fingerprint density at radius 3 is 2.66 bits per heavy atom. The Bertz CT molecular complexity index is 1040. The average Bonchev–Trinajstić information content (AvgIpc) is 2.67. The number of carbonyl (C=O) groups excluding carboxylic acids is 2. The number of aryl methyl sites for hydroxylation is 1. The first-order valence-electron chi connectivity index (χ1n) is 9.06. The molecule has 0 saturated carbocycles. The van der Waals surface area contributed by atoms with Crippen LogP contribution in [0.2, 0.25) is 0 Å². The first-order valence-corrected chi connectivity index (χ1v) is 10.5. The van der Waals surface area contributed by atoms with Crippen LogP contribution in [0.5, 0.6) is 5.75 Å². The summed E-state index contributed by atoms with van der Waals surface area (Å²) < 4.78 is 32.3. The zero-order valence-electron chi connectivity index (χ0n) is 16.4. The van der Waals surface area contributed by atoms with E-state index in [9.17, 15) is 18.0 Å². The molecule has 0 radical (unpaired) electrons. The summed E-state index contributed by atoms with van der Waals surface area (Å²) in [5.41, 5.74) is 1.80. The van der Waals surface area contributed by atoms with Crippen molar-refractivity contribution in [2.24, 2.45) is 0 Å². The fraction of sp³-hybridized carbons (Fsp3) is 0.300. The smallest absolute Gasteiger partial charge is 0.262 e. The van der Waals surface area contributed by atoms with Crippen molar-refractivity contribution in [2.75, 3.05) is 25.5 Å². The minimum atomic E-state index is -3.93. The number of hydrogen-bond donors (Lipinski definition) is 2.